The van der Waals surface area contributed by atoms with Crippen LogP contribution < -0.4 is 0 Å². The fourth-order valence-electron chi connectivity index (χ4n) is 1.97. The number of nitrogens with zero attached hydrogens (tertiary/aromatic N) is 2. The molecule has 0 saturated heterocycles. The summed E-state index contributed by atoms with van der Waals surface area (Å²) in [6.45, 7) is 0. The molecule has 0 fully saturated rings. The van der Waals surface area contributed by atoms with Crippen molar-refractivity contribution in [3.63, 3.8) is 0 Å². The van der Waals surface area contributed by atoms with Gasteiger partial charge in [0.1, 0.15) is 11.8 Å². The van der Waals surface area contributed by atoms with Crippen LogP contribution in [0.5, 0.6) is 0 Å². The lowest BCUT2D eigenvalue weighted by Gasteiger charge is -1.90. The van der Waals surface area contributed by atoms with Gasteiger partial charge >= 0.3 is 5.97 Å². The van der Waals surface area contributed by atoms with Crippen molar-refractivity contribution in [3.05, 3.63) is 42.5 Å². The molecule has 0 aliphatic carbocycles. The highest BCUT2D eigenvalue weighted by molar-refractivity contribution is 5.93. The summed E-state index contributed by atoms with van der Waals surface area (Å²) in [6.07, 6.45) is 3.28. The molecule has 0 radical (unpaired) electrons. The number of imidazole rings is 1. The molecule has 3 aromatic rings. The Morgan fingerprint density at radius 2 is 2.17 bits per heavy atom. The van der Waals surface area contributed by atoms with Gasteiger partial charge in [0.05, 0.1) is 5.69 Å². The van der Waals surface area contributed by atoms with Crippen LogP contribution in [0.1, 0.15) is 10.6 Å². The first-order valence-electron chi connectivity index (χ1n) is 5.40. The van der Waals surface area contributed by atoms with Crippen molar-refractivity contribution in [2.45, 2.75) is 0 Å². The van der Waals surface area contributed by atoms with Crippen molar-refractivity contribution >= 4 is 16.9 Å². The van der Waals surface area contributed by atoms with Gasteiger partial charge in [-0.25, -0.2) is 9.78 Å². The molecule has 0 spiro atoms. The number of aromatic nitrogens is 2. The molecule has 18 heavy (non-hydrogen) atoms. The van der Waals surface area contributed by atoms with Crippen molar-refractivity contribution in [2.24, 2.45) is 7.05 Å². The Morgan fingerprint density at radius 1 is 1.39 bits per heavy atom. The topological polar surface area (TPSA) is 68.3 Å². The average molecular weight is 242 g/mol. The van der Waals surface area contributed by atoms with Gasteiger partial charge in [-0.05, 0) is 6.07 Å². The number of hydrogen-bond donors (Lipinski definition) is 1. The molecule has 0 aliphatic heterocycles. The number of aryl methyl sites for hydroxylation is 1. The normalized spacial score (nSPS) is 10.9. The van der Waals surface area contributed by atoms with Crippen LogP contribution in [0.25, 0.3) is 22.2 Å². The molecule has 0 aliphatic rings. The predicted octanol–water partition coefficient (Wildman–Crippen LogP) is 2.53. The largest absolute Gasteiger partial charge is 0.475 e. The molecule has 0 atom stereocenters. The van der Waals surface area contributed by atoms with E-state index in [2.05, 4.69) is 4.98 Å². The van der Waals surface area contributed by atoms with Crippen molar-refractivity contribution in [3.8, 4) is 11.3 Å². The zero-order valence-corrected chi connectivity index (χ0v) is 9.62. The second kappa shape index (κ2) is 3.73. The third-order valence-corrected chi connectivity index (χ3v) is 2.82. The molecule has 0 saturated carbocycles. The second-order valence-corrected chi connectivity index (χ2v) is 4.01. The third-order valence-electron chi connectivity index (χ3n) is 2.82. The van der Waals surface area contributed by atoms with Gasteiger partial charge in [-0.15, -0.1) is 0 Å². The summed E-state index contributed by atoms with van der Waals surface area (Å²) in [6, 6.07) is 7.57. The lowest BCUT2D eigenvalue weighted by Crippen LogP contribution is -2.04. The zero-order chi connectivity index (χ0) is 12.7. The summed E-state index contributed by atoms with van der Waals surface area (Å²) in [4.78, 5) is 15.1. The van der Waals surface area contributed by atoms with E-state index in [1.807, 2.05) is 24.3 Å². The van der Waals surface area contributed by atoms with E-state index in [0.717, 1.165) is 16.5 Å². The van der Waals surface area contributed by atoms with Crippen LogP contribution in [0, 0.1) is 0 Å². The second-order valence-electron chi connectivity index (χ2n) is 4.01. The van der Waals surface area contributed by atoms with Gasteiger partial charge in [0.15, 0.2) is 0 Å². The molecule has 0 unspecified atom stereocenters. The quantitative estimate of drug-likeness (QED) is 0.749. The van der Waals surface area contributed by atoms with Crippen LogP contribution in [0.4, 0.5) is 0 Å². The number of para-hydroxylation sites is 1. The zero-order valence-electron chi connectivity index (χ0n) is 9.62. The van der Waals surface area contributed by atoms with E-state index in [4.69, 9.17) is 9.52 Å². The lowest BCUT2D eigenvalue weighted by molar-refractivity contribution is 0.0680. The Balaban J connectivity index is 2.20. The van der Waals surface area contributed by atoms with Crippen LogP contribution >= 0.6 is 0 Å². The van der Waals surface area contributed by atoms with Gasteiger partial charge in [-0.3, -0.25) is 0 Å². The first-order chi connectivity index (χ1) is 8.66. The summed E-state index contributed by atoms with van der Waals surface area (Å²) >= 11 is 0. The molecule has 1 aromatic carbocycles. The average Bonchev–Trinajstić information content (AvgIpc) is 2.92. The van der Waals surface area contributed by atoms with Crippen LogP contribution in [0.15, 0.2) is 41.1 Å². The third kappa shape index (κ3) is 1.48. The molecule has 3 rings (SSSR count). The molecule has 5 heteroatoms. The van der Waals surface area contributed by atoms with Gasteiger partial charge in [0.2, 0.25) is 5.82 Å². The van der Waals surface area contributed by atoms with Gasteiger partial charge in [-0.1, -0.05) is 18.2 Å². The fourth-order valence-corrected chi connectivity index (χ4v) is 1.97. The Hall–Kier alpha value is -2.56. The van der Waals surface area contributed by atoms with Crippen LogP contribution in [-0.2, 0) is 7.05 Å². The molecule has 2 aromatic heterocycles. The van der Waals surface area contributed by atoms with Crippen molar-refractivity contribution in [1.29, 1.82) is 0 Å². The summed E-state index contributed by atoms with van der Waals surface area (Å²) in [5, 5.41) is 9.91. The number of carbonyl (C=O) groups is 1. The van der Waals surface area contributed by atoms with E-state index in [-0.39, 0.29) is 5.82 Å². The van der Waals surface area contributed by atoms with Gasteiger partial charge in [0.25, 0.3) is 0 Å². The van der Waals surface area contributed by atoms with Crippen LogP contribution in [0.3, 0.4) is 0 Å². The minimum Gasteiger partial charge on any atom is -0.475 e. The highest BCUT2D eigenvalue weighted by Crippen LogP contribution is 2.29. The standard InChI is InChI=1S/C13H10N2O3/c1-15-6-10(14-12(15)13(16)17)9-7-18-11-5-3-2-4-8(9)11/h2-7H,1H3,(H,16,17). The number of rotatable bonds is 2. The van der Waals surface area contributed by atoms with Crippen molar-refractivity contribution in [1.82, 2.24) is 9.55 Å². The van der Waals surface area contributed by atoms with Crippen molar-refractivity contribution < 1.29 is 14.3 Å². The minimum atomic E-state index is -1.04. The van der Waals surface area contributed by atoms with Gasteiger partial charge in [0, 0.05) is 24.2 Å². The lowest BCUT2D eigenvalue weighted by atomic mass is 10.1. The molecule has 2 heterocycles. The first-order valence-corrected chi connectivity index (χ1v) is 5.40. The predicted molar refractivity (Wildman–Crippen MR) is 65.4 cm³/mol. The number of benzene rings is 1. The van der Waals surface area contributed by atoms with Gasteiger partial charge < -0.3 is 14.1 Å². The van der Waals surface area contributed by atoms with Crippen molar-refractivity contribution in [2.75, 3.05) is 0 Å². The minimum absolute atomic E-state index is 0.00952. The fraction of sp³-hybridized carbons (Fsp3) is 0.0769. The van der Waals surface area contributed by atoms with E-state index in [1.165, 1.54) is 4.57 Å². The first kappa shape index (κ1) is 10.6. The number of carboxylic acids is 1. The molecular formula is C13H10N2O3. The number of aromatic carboxylic acids is 1. The number of fused-ring (bicyclic) bond motifs is 1. The Morgan fingerprint density at radius 3 is 2.89 bits per heavy atom. The van der Waals surface area contributed by atoms with E-state index in [1.54, 1.807) is 19.5 Å². The summed E-state index contributed by atoms with van der Waals surface area (Å²) in [5.41, 5.74) is 2.16. The molecule has 90 valence electrons. The Kier molecular flexibility index (Phi) is 2.19. The smallest absolute Gasteiger partial charge is 0.372 e. The Bertz CT molecular complexity index is 740. The van der Waals surface area contributed by atoms with Crippen LogP contribution in [0.2, 0.25) is 0 Å². The number of furan rings is 1. The highest BCUT2D eigenvalue weighted by Gasteiger charge is 2.16. The SMILES string of the molecule is Cn1cc(-c2coc3ccccc23)nc1C(=O)O. The summed E-state index contributed by atoms with van der Waals surface area (Å²) < 4.78 is 6.90. The summed E-state index contributed by atoms with van der Waals surface area (Å²) in [7, 11) is 1.65. The molecule has 1 N–H and O–H groups in total. The van der Waals surface area contributed by atoms with E-state index in [0.29, 0.717) is 5.69 Å². The van der Waals surface area contributed by atoms with E-state index >= 15 is 0 Å². The monoisotopic (exact) mass is 242 g/mol. The molecular weight excluding hydrogens is 232 g/mol. The van der Waals surface area contributed by atoms with E-state index in [9.17, 15) is 4.79 Å². The molecule has 0 amide bonds. The van der Waals surface area contributed by atoms with Gasteiger partial charge in [-0.2, -0.15) is 0 Å². The Labute approximate surface area is 102 Å². The molecule has 5 nitrogen and oxygen atoms in total. The maximum atomic E-state index is 11.0. The maximum Gasteiger partial charge on any atom is 0.372 e. The van der Waals surface area contributed by atoms with Crippen LogP contribution in [-0.4, -0.2) is 20.6 Å². The number of carboxylic acid groups (broad SMARTS) is 1. The molecule has 0 bridgehead atoms. The summed E-state index contributed by atoms with van der Waals surface area (Å²) in [5.74, 6) is -1.04. The van der Waals surface area contributed by atoms with E-state index < -0.39 is 5.97 Å². The number of hydrogen-bond acceptors (Lipinski definition) is 3. The highest BCUT2D eigenvalue weighted by atomic mass is 16.4. The maximum absolute atomic E-state index is 11.0.